The van der Waals surface area contributed by atoms with Crippen LogP contribution in [0.1, 0.15) is 38.0 Å². The van der Waals surface area contributed by atoms with E-state index in [4.69, 9.17) is 4.74 Å². The molecule has 0 heterocycles. The molecular weight excluding hydrogens is 228 g/mol. The molecule has 0 fully saturated rings. The highest BCUT2D eigenvalue weighted by atomic mass is 16.5. The number of benzene rings is 1. The second-order valence-corrected chi connectivity index (χ2v) is 4.88. The van der Waals surface area contributed by atoms with Gasteiger partial charge in [0.25, 0.3) is 0 Å². The van der Waals surface area contributed by atoms with Gasteiger partial charge in [0.2, 0.25) is 0 Å². The van der Waals surface area contributed by atoms with Crippen molar-refractivity contribution >= 4 is 5.97 Å². The second-order valence-electron chi connectivity index (χ2n) is 4.88. The van der Waals surface area contributed by atoms with Crippen molar-refractivity contribution in [3.05, 3.63) is 35.4 Å². The summed E-state index contributed by atoms with van der Waals surface area (Å²) in [6, 6.07) is 7.57. The summed E-state index contributed by atoms with van der Waals surface area (Å²) in [5.41, 5.74) is 1.88. The number of hydrogen-bond donors (Lipinski definition) is 1. The minimum absolute atomic E-state index is 0.0281. The minimum Gasteiger partial charge on any atom is -0.466 e. The molecule has 18 heavy (non-hydrogen) atoms. The molecule has 3 nitrogen and oxygen atoms in total. The van der Waals surface area contributed by atoms with Crippen LogP contribution in [-0.4, -0.2) is 17.7 Å². The fourth-order valence-corrected chi connectivity index (χ4v) is 1.98. The van der Waals surface area contributed by atoms with Crippen LogP contribution in [0.4, 0.5) is 0 Å². The van der Waals surface area contributed by atoms with E-state index in [0.717, 1.165) is 11.1 Å². The molecule has 1 rings (SSSR count). The molecule has 0 amide bonds. The third-order valence-electron chi connectivity index (χ3n) is 3.04. The molecule has 1 aromatic carbocycles. The molecular formula is C15H22O3. The van der Waals surface area contributed by atoms with E-state index >= 15 is 0 Å². The fraction of sp³-hybridized carbons (Fsp3) is 0.533. The third kappa shape index (κ3) is 3.57. The first-order chi connectivity index (χ1) is 8.47. The predicted molar refractivity (Wildman–Crippen MR) is 71.1 cm³/mol. The lowest BCUT2D eigenvalue weighted by molar-refractivity contribution is -0.154. The van der Waals surface area contributed by atoms with E-state index in [1.54, 1.807) is 6.92 Å². The Hall–Kier alpha value is -1.35. The number of aliphatic hydroxyl groups is 1. The van der Waals surface area contributed by atoms with Gasteiger partial charge in [-0.15, -0.1) is 0 Å². The van der Waals surface area contributed by atoms with Crippen molar-refractivity contribution in [3.8, 4) is 0 Å². The number of ether oxygens (including phenoxy) is 1. The zero-order valence-corrected chi connectivity index (χ0v) is 11.5. The highest BCUT2D eigenvalue weighted by Gasteiger charge is 2.32. The number of aryl methyl sites for hydroxylation is 1. The van der Waals surface area contributed by atoms with Gasteiger partial charge in [-0.25, -0.2) is 0 Å². The summed E-state index contributed by atoms with van der Waals surface area (Å²) in [6.07, 6.45) is -0.815. The van der Waals surface area contributed by atoms with Gasteiger partial charge >= 0.3 is 5.97 Å². The van der Waals surface area contributed by atoms with E-state index in [9.17, 15) is 9.90 Å². The summed E-state index contributed by atoms with van der Waals surface area (Å²) in [4.78, 5) is 11.9. The molecule has 100 valence electrons. The molecule has 0 saturated heterocycles. The monoisotopic (exact) mass is 250 g/mol. The zero-order valence-electron chi connectivity index (χ0n) is 11.5. The van der Waals surface area contributed by atoms with E-state index in [-0.39, 0.29) is 11.9 Å². The Bertz CT molecular complexity index is 381. The van der Waals surface area contributed by atoms with E-state index in [0.29, 0.717) is 6.61 Å². The molecule has 0 aliphatic heterocycles. The molecule has 1 aromatic rings. The standard InChI is InChI=1S/C15H22O3/c1-5-18-15(17)13(10(2)3)14(16)12-8-6-11(4)7-9-12/h6-10,13-14,16H,5H2,1-4H3. The van der Waals surface area contributed by atoms with Crippen molar-refractivity contribution in [1.29, 1.82) is 0 Å². The molecule has 0 bridgehead atoms. The SMILES string of the molecule is CCOC(=O)C(C(C)C)C(O)c1ccc(C)cc1. The average molecular weight is 250 g/mol. The molecule has 2 atom stereocenters. The summed E-state index contributed by atoms with van der Waals surface area (Å²) in [5.74, 6) is -0.825. The molecule has 0 saturated carbocycles. The normalized spacial score (nSPS) is 14.3. The Labute approximate surface area is 109 Å². The number of hydrogen-bond acceptors (Lipinski definition) is 3. The number of carbonyl (C=O) groups excluding carboxylic acids is 1. The highest BCUT2D eigenvalue weighted by Crippen LogP contribution is 2.29. The first-order valence-corrected chi connectivity index (χ1v) is 6.38. The number of esters is 1. The molecule has 0 aliphatic carbocycles. The van der Waals surface area contributed by atoms with Crippen LogP contribution in [0.2, 0.25) is 0 Å². The smallest absolute Gasteiger partial charge is 0.312 e. The lowest BCUT2D eigenvalue weighted by atomic mass is 9.86. The summed E-state index contributed by atoms with van der Waals surface area (Å²) in [5, 5.41) is 10.3. The third-order valence-corrected chi connectivity index (χ3v) is 3.04. The Morgan fingerprint density at radius 3 is 2.28 bits per heavy atom. The molecule has 0 aromatic heterocycles. The van der Waals surface area contributed by atoms with E-state index < -0.39 is 12.0 Å². The fourth-order valence-electron chi connectivity index (χ4n) is 1.98. The van der Waals surface area contributed by atoms with E-state index in [2.05, 4.69) is 0 Å². The molecule has 3 heteroatoms. The zero-order chi connectivity index (χ0) is 13.7. The second kappa shape index (κ2) is 6.55. The maximum absolute atomic E-state index is 11.9. The Morgan fingerprint density at radius 2 is 1.83 bits per heavy atom. The van der Waals surface area contributed by atoms with Crippen LogP contribution in [0.3, 0.4) is 0 Å². The van der Waals surface area contributed by atoms with Gasteiger partial charge in [0.1, 0.15) is 0 Å². The maximum atomic E-state index is 11.9. The van der Waals surface area contributed by atoms with Crippen LogP contribution < -0.4 is 0 Å². The van der Waals surface area contributed by atoms with E-state index in [1.165, 1.54) is 0 Å². The van der Waals surface area contributed by atoms with Crippen molar-refractivity contribution in [2.75, 3.05) is 6.61 Å². The van der Waals surface area contributed by atoms with Crippen LogP contribution in [0.25, 0.3) is 0 Å². The number of aliphatic hydroxyl groups excluding tert-OH is 1. The molecule has 0 spiro atoms. The molecule has 1 N–H and O–H groups in total. The largest absolute Gasteiger partial charge is 0.466 e. The first-order valence-electron chi connectivity index (χ1n) is 6.38. The summed E-state index contributed by atoms with van der Waals surface area (Å²) >= 11 is 0. The quantitative estimate of drug-likeness (QED) is 0.817. The van der Waals surface area contributed by atoms with E-state index in [1.807, 2.05) is 45.0 Å². The number of rotatable bonds is 5. The van der Waals surface area contributed by atoms with Crippen LogP contribution >= 0.6 is 0 Å². The van der Waals surface area contributed by atoms with Gasteiger partial charge in [0, 0.05) is 0 Å². The van der Waals surface area contributed by atoms with Crippen LogP contribution in [0, 0.1) is 18.8 Å². The van der Waals surface area contributed by atoms with Gasteiger partial charge in [-0.2, -0.15) is 0 Å². The predicted octanol–water partition coefficient (Wildman–Crippen LogP) is 2.86. The molecule has 0 radical (unpaired) electrons. The Balaban J connectivity index is 2.92. The lowest BCUT2D eigenvalue weighted by Crippen LogP contribution is -2.29. The van der Waals surface area contributed by atoms with Gasteiger partial charge in [-0.1, -0.05) is 43.7 Å². The summed E-state index contributed by atoms with van der Waals surface area (Å²) < 4.78 is 5.03. The van der Waals surface area contributed by atoms with Crippen LogP contribution in [-0.2, 0) is 9.53 Å². The van der Waals surface area contributed by atoms with Gasteiger partial charge < -0.3 is 9.84 Å². The van der Waals surface area contributed by atoms with Crippen LogP contribution in [0.15, 0.2) is 24.3 Å². The Kier molecular flexibility index (Phi) is 5.35. The van der Waals surface area contributed by atoms with Crippen molar-refractivity contribution in [2.45, 2.75) is 33.8 Å². The number of carbonyl (C=O) groups is 1. The molecule has 0 aliphatic rings. The minimum atomic E-state index is -0.815. The average Bonchev–Trinajstić information content (AvgIpc) is 2.29. The lowest BCUT2D eigenvalue weighted by Gasteiger charge is -2.24. The summed E-state index contributed by atoms with van der Waals surface area (Å²) in [6.45, 7) is 7.93. The van der Waals surface area contributed by atoms with Crippen molar-refractivity contribution in [3.63, 3.8) is 0 Å². The van der Waals surface area contributed by atoms with Crippen molar-refractivity contribution in [2.24, 2.45) is 11.8 Å². The summed E-state index contributed by atoms with van der Waals surface area (Å²) in [7, 11) is 0. The van der Waals surface area contributed by atoms with Gasteiger partial charge in [-0.3, -0.25) is 4.79 Å². The van der Waals surface area contributed by atoms with Gasteiger partial charge in [0.15, 0.2) is 0 Å². The molecule has 2 unspecified atom stereocenters. The van der Waals surface area contributed by atoms with Crippen molar-refractivity contribution in [1.82, 2.24) is 0 Å². The van der Waals surface area contributed by atoms with Crippen molar-refractivity contribution < 1.29 is 14.6 Å². The highest BCUT2D eigenvalue weighted by molar-refractivity contribution is 5.73. The van der Waals surface area contributed by atoms with Gasteiger partial charge in [0.05, 0.1) is 18.6 Å². The maximum Gasteiger partial charge on any atom is 0.312 e. The topological polar surface area (TPSA) is 46.5 Å². The van der Waals surface area contributed by atoms with Crippen LogP contribution in [0.5, 0.6) is 0 Å². The Morgan fingerprint density at radius 1 is 1.28 bits per heavy atom. The van der Waals surface area contributed by atoms with Gasteiger partial charge in [-0.05, 0) is 25.3 Å². The first kappa shape index (κ1) is 14.7.